The molecule has 10 heteroatoms. The fourth-order valence-electron chi connectivity index (χ4n) is 6.72. The van der Waals surface area contributed by atoms with Crippen LogP contribution in [0.3, 0.4) is 0 Å². The molecular formula is C39H51N3O7. The summed E-state index contributed by atoms with van der Waals surface area (Å²) < 4.78 is 11.3. The number of amides is 3. The zero-order valence-electron chi connectivity index (χ0n) is 28.7. The lowest BCUT2D eigenvalue weighted by Gasteiger charge is -2.29. The van der Waals surface area contributed by atoms with Gasteiger partial charge in [0.05, 0.1) is 24.1 Å². The normalized spacial score (nSPS) is 16.4. The van der Waals surface area contributed by atoms with Gasteiger partial charge in [-0.05, 0) is 60.3 Å². The van der Waals surface area contributed by atoms with Crippen molar-refractivity contribution in [3.63, 3.8) is 0 Å². The minimum absolute atomic E-state index is 0.0576. The molecule has 2 aliphatic carbocycles. The standard InChI is InChI=1S/C39H51N3O7/c1-5-7-19-33(41-38(47)49-23-32-30-17-10-8-15-28(30)29-16-9-11-18-31(29)32)37(46)48-24-34(26(3)4)40-36(45)27(14-6-2)22-35(44)42-39(25-43)20-12-13-21-39/h5-6,8-11,15-18,26-27,32-34,43H,1-2,7,12-14,19-25H2,3-4H3,(H,40,45)(H,41,47)(H,42,44)/t27-,33-,34+/m0/s1. The minimum atomic E-state index is -0.983. The van der Waals surface area contributed by atoms with E-state index in [2.05, 4.69) is 41.2 Å². The lowest BCUT2D eigenvalue weighted by atomic mass is 9.95. The van der Waals surface area contributed by atoms with Crippen LogP contribution in [-0.4, -0.2) is 66.4 Å². The van der Waals surface area contributed by atoms with Crippen LogP contribution >= 0.6 is 0 Å². The summed E-state index contributed by atoms with van der Waals surface area (Å²) in [7, 11) is 0. The maximum absolute atomic E-state index is 13.4. The van der Waals surface area contributed by atoms with Gasteiger partial charge in [0.15, 0.2) is 0 Å². The van der Waals surface area contributed by atoms with E-state index in [1.54, 1.807) is 12.2 Å². The first-order chi connectivity index (χ1) is 23.6. The number of aliphatic hydroxyl groups excluding tert-OH is 1. The van der Waals surface area contributed by atoms with Crippen LogP contribution in [0.5, 0.6) is 0 Å². The highest BCUT2D eigenvalue weighted by molar-refractivity contribution is 5.86. The Labute approximate surface area is 289 Å². The van der Waals surface area contributed by atoms with Crippen LogP contribution in [0.25, 0.3) is 11.1 Å². The average molecular weight is 674 g/mol. The van der Waals surface area contributed by atoms with E-state index in [0.29, 0.717) is 19.3 Å². The van der Waals surface area contributed by atoms with Gasteiger partial charge in [-0.2, -0.15) is 0 Å². The lowest BCUT2D eigenvalue weighted by molar-refractivity contribution is -0.148. The van der Waals surface area contributed by atoms with Crippen LogP contribution < -0.4 is 16.0 Å². The Morgan fingerprint density at radius 1 is 0.939 bits per heavy atom. The number of hydrogen-bond acceptors (Lipinski definition) is 7. The SMILES string of the molecule is C=CCC[C@H](NC(=O)OCC1c2ccccc2-c2ccccc21)C(=O)OC[C@@H](NC(=O)[C@@H](CC=C)CC(=O)NC1(CO)CCCC1)C(C)C. The van der Waals surface area contributed by atoms with Gasteiger partial charge in [-0.15, -0.1) is 13.2 Å². The highest BCUT2D eigenvalue weighted by atomic mass is 16.6. The van der Waals surface area contributed by atoms with Crippen LogP contribution in [0.15, 0.2) is 73.8 Å². The van der Waals surface area contributed by atoms with Gasteiger partial charge in [-0.3, -0.25) is 9.59 Å². The first-order valence-electron chi connectivity index (χ1n) is 17.3. The van der Waals surface area contributed by atoms with Crippen molar-refractivity contribution >= 4 is 23.9 Å². The predicted octanol–water partition coefficient (Wildman–Crippen LogP) is 5.55. The number of ether oxygens (including phenoxy) is 2. The first-order valence-corrected chi connectivity index (χ1v) is 17.3. The number of allylic oxidation sites excluding steroid dienone is 2. The molecule has 1 fully saturated rings. The van der Waals surface area contributed by atoms with E-state index < -0.39 is 35.6 Å². The molecule has 0 heterocycles. The van der Waals surface area contributed by atoms with Crippen LogP contribution in [-0.2, 0) is 23.9 Å². The molecule has 0 aromatic heterocycles. The zero-order valence-corrected chi connectivity index (χ0v) is 28.7. The third-order valence-electron chi connectivity index (χ3n) is 9.64. The van der Waals surface area contributed by atoms with Crippen molar-refractivity contribution in [2.75, 3.05) is 19.8 Å². The molecule has 2 aromatic rings. The van der Waals surface area contributed by atoms with E-state index in [-0.39, 0.29) is 62.7 Å². The number of carbonyl (C=O) groups excluding carboxylic acids is 4. The monoisotopic (exact) mass is 673 g/mol. The third-order valence-corrected chi connectivity index (χ3v) is 9.64. The van der Waals surface area contributed by atoms with Crippen LogP contribution in [0.4, 0.5) is 4.79 Å². The molecule has 0 radical (unpaired) electrons. The number of nitrogens with one attached hydrogen (secondary N) is 3. The fourth-order valence-corrected chi connectivity index (χ4v) is 6.72. The topological polar surface area (TPSA) is 143 Å². The highest BCUT2D eigenvalue weighted by Gasteiger charge is 2.36. The van der Waals surface area contributed by atoms with Gasteiger partial charge in [0.1, 0.15) is 19.3 Å². The van der Waals surface area contributed by atoms with E-state index in [1.165, 1.54) is 0 Å². The summed E-state index contributed by atoms with van der Waals surface area (Å²) in [5.41, 5.74) is 3.77. The van der Waals surface area contributed by atoms with E-state index in [4.69, 9.17) is 9.47 Å². The third kappa shape index (κ3) is 9.81. The van der Waals surface area contributed by atoms with Crippen molar-refractivity contribution in [2.45, 2.75) is 88.8 Å². The summed E-state index contributed by atoms with van der Waals surface area (Å²) in [5.74, 6) is -2.20. The summed E-state index contributed by atoms with van der Waals surface area (Å²) in [5, 5.41) is 18.5. The second-order valence-corrected chi connectivity index (χ2v) is 13.5. The van der Waals surface area contributed by atoms with Gasteiger partial charge in [0.25, 0.3) is 0 Å². The maximum Gasteiger partial charge on any atom is 0.407 e. The number of rotatable bonds is 18. The minimum Gasteiger partial charge on any atom is -0.462 e. The molecule has 10 nitrogen and oxygen atoms in total. The Morgan fingerprint density at radius 2 is 1.57 bits per heavy atom. The second-order valence-electron chi connectivity index (χ2n) is 13.5. The number of alkyl carbamates (subject to hydrolysis) is 1. The number of aliphatic hydroxyl groups is 1. The largest absolute Gasteiger partial charge is 0.462 e. The molecule has 0 bridgehead atoms. The van der Waals surface area contributed by atoms with Crippen molar-refractivity contribution in [1.29, 1.82) is 0 Å². The Morgan fingerprint density at radius 3 is 2.14 bits per heavy atom. The summed E-state index contributed by atoms with van der Waals surface area (Å²) in [6.45, 7) is 11.1. The smallest absolute Gasteiger partial charge is 0.407 e. The van der Waals surface area contributed by atoms with Gasteiger partial charge in [-0.1, -0.05) is 87.4 Å². The zero-order chi connectivity index (χ0) is 35.4. The Kier molecular flexibility index (Phi) is 13.6. The van der Waals surface area contributed by atoms with Gasteiger partial charge >= 0.3 is 12.1 Å². The van der Waals surface area contributed by atoms with Crippen molar-refractivity contribution in [1.82, 2.24) is 16.0 Å². The molecule has 4 N–H and O–H groups in total. The number of hydrogen-bond donors (Lipinski definition) is 4. The second kappa shape index (κ2) is 17.8. The fraction of sp³-hybridized carbons (Fsp3) is 0.487. The van der Waals surface area contributed by atoms with E-state index in [1.807, 2.05) is 50.2 Å². The van der Waals surface area contributed by atoms with E-state index in [9.17, 15) is 24.3 Å². The summed E-state index contributed by atoms with van der Waals surface area (Å²) in [6.07, 6.45) is 6.74. The van der Waals surface area contributed by atoms with Crippen LogP contribution in [0, 0.1) is 11.8 Å². The Balaban J connectivity index is 1.32. The summed E-state index contributed by atoms with van der Waals surface area (Å²) in [4.78, 5) is 52.5. The van der Waals surface area contributed by atoms with Crippen molar-refractivity contribution in [3.05, 3.63) is 85.0 Å². The van der Waals surface area contributed by atoms with Crippen molar-refractivity contribution < 1.29 is 33.8 Å². The van der Waals surface area contributed by atoms with Crippen molar-refractivity contribution in [3.8, 4) is 11.1 Å². The quantitative estimate of drug-likeness (QED) is 0.120. The van der Waals surface area contributed by atoms with Crippen LogP contribution in [0.2, 0.25) is 0 Å². The number of fused-ring (bicyclic) bond motifs is 3. The molecule has 2 aromatic carbocycles. The molecule has 3 amide bonds. The molecule has 4 rings (SSSR count). The van der Waals surface area contributed by atoms with Crippen LogP contribution in [0.1, 0.15) is 82.3 Å². The molecule has 3 atom stereocenters. The first kappa shape index (κ1) is 37.4. The van der Waals surface area contributed by atoms with Gasteiger partial charge in [-0.25, -0.2) is 9.59 Å². The molecule has 0 spiro atoms. The molecule has 1 saturated carbocycles. The van der Waals surface area contributed by atoms with Gasteiger partial charge in [0.2, 0.25) is 11.8 Å². The number of benzene rings is 2. The summed E-state index contributed by atoms with van der Waals surface area (Å²) in [6, 6.07) is 14.6. The summed E-state index contributed by atoms with van der Waals surface area (Å²) >= 11 is 0. The van der Waals surface area contributed by atoms with Gasteiger partial charge < -0.3 is 30.5 Å². The van der Waals surface area contributed by atoms with E-state index in [0.717, 1.165) is 35.1 Å². The van der Waals surface area contributed by atoms with E-state index >= 15 is 0 Å². The molecule has 0 unspecified atom stereocenters. The molecule has 0 saturated heterocycles. The maximum atomic E-state index is 13.4. The molecule has 49 heavy (non-hydrogen) atoms. The van der Waals surface area contributed by atoms with Gasteiger partial charge in [0, 0.05) is 12.3 Å². The molecule has 264 valence electrons. The Bertz CT molecular complexity index is 1440. The Hall–Kier alpha value is -4.44. The molecule has 2 aliphatic rings. The average Bonchev–Trinajstić information content (AvgIpc) is 3.69. The molecule has 0 aliphatic heterocycles. The number of carbonyl (C=O) groups is 4. The van der Waals surface area contributed by atoms with Crippen molar-refractivity contribution in [2.24, 2.45) is 11.8 Å². The number of esters is 1. The lowest BCUT2D eigenvalue weighted by Crippen LogP contribution is -2.51. The molecular weight excluding hydrogens is 622 g/mol. The predicted molar refractivity (Wildman–Crippen MR) is 188 cm³/mol. The highest BCUT2D eigenvalue weighted by Crippen LogP contribution is 2.44.